The zero-order valence-corrected chi connectivity index (χ0v) is 10.3. The average molecular weight is 269 g/mol. The first-order valence-electron chi connectivity index (χ1n) is 4.89. The minimum atomic E-state index is 0.450. The van der Waals surface area contributed by atoms with Crippen LogP contribution in [0.15, 0.2) is 23.0 Å². The second-order valence-electron chi connectivity index (χ2n) is 3.76. The van der Waals surface area contributed by atoms with Crippen molar-refractivity contribution in [1.29, 1.82) is 0 Å². The molecule has 0 saturated heterocycles. The van der Waals surface area contributed by atoms with Crippen molar-refractivity contribution in [3.8, 4) is 11.3 Å². The van der Waals surface area contributed by atoms with Crippen LogP contribution in [-0.2, 0) is 5.33 Å². The molecule has 0 bridgehead atoms. The first kappa shape index (κ1) is 10.5. The molecule has 0 radical (unpaired) electrons. The lowest BCUT2D eigenvalue weighted by molar-refractivity contribution is 0.568. The van der Waals surface area contributed by atoms with Crippen LogP contribution < -0.4 is 0 Å². The van der Waals surface area contributed by atoms with E-state index in [4.69, 9.17) is 4.42 Å². The molecule has 2 aromatic rings. The smallest absolute Gasteiger partial charge is 0.0997 e. The largest absolute Gasteiger partial charge is 0.472 e. The number of aromatic amines is 1. The van der Waals surface area contributed by atoms with E-state index in [9.17, 15) is 0 Å². The molecule has 2 aromatic heterocycles. The van der Waals surface area contributed by atoms with Crippen LogP contribution in [0.3, 0.4) is 0 Å². The Labute approximate surface area is 97.0 Å². The highest BCUT2D eigenvalue weighted by Gasteiger charge is 2.16. The van der Waals surface area contributed by atoms with Gasteiger partial charge in [-0.05, 0) is 12.0 Å². The summed E-state index contributed by atoms with van der Waals surface area (Å²) >= 11 is 3.50. The first-order valence-corrected chi connectivity index (χ1v) is 6.01. The van der Waals surface area contributed by atoms with Gasteiger partial charge in [-0.15, -0.1) is 0 Å². The van der Waals surface area contributed by atoms with Crippen molar-refractivity contribution in [3.63, 3.8) is 0 Å². The van der Waals surface area contributed by atoms with E-state index in [1.807, 2.05) is 6.07 Å². The summed E-state index contributed by atoms with van der Waals surface area (Å²) in [4.78, 5) is 0. The number of hydrogen-bond donors (Lipinski definition) is 1. The van der Waals surface area contributed by atoms with Crippen LogP contribution >= 0.6 is 15.9 Å². The van der Waals surface area contributed by atoms with E-state index in [0.29, 0.717) is 5.92 Å². The van der Waals surface area contributed by atoms with Crippen molar-refractivity contribution in [3.05, 3.63) is 29.9 Å². The third-order valence-electron chi connectivity index (χ3n) is 2.40. The van der Waals surface area contributed by atoms with Gasteiger partial charge in [0.15, 0.2) is 0 Å². The Balaban J connectivity index is 2.49. The Morgan fingerprint density at radius 2 is 2.33 bits per heavy atom. The lowest BCUT2D eigenvalue weighted by Gasteiger charge is -2.04. The number of nitrogens with zero attached hydrogens (tertiary/aromatic N) is 1. The van der Waals surface area contributed by atoms with Crippen LogP contribution in [-0.4, -0.2) is 10.2 Å². The quantitative estimate of drug-likeness (QED) is 0.863. The van der Waals surface area contributed by atoms with Gasteiger partial charge >= 0.3 is 0 Å². The van der Waals surface area contributed by atoms with Crippen LogP contribution in [0.1, 0.15) is 31.0 Å². The van der Waals surface area contributed by atoms with Gasteiger partial charge in [0.05, 0.1) is 18.2 Å². The summed E-state index contributed by atoms with van der Waals surface area (Å²) < 4.78 is 5.07. The lowest BCUT2D eigenvalue weighted by Crippen LogP contribution is -1.92. The molecule has 0 amide bonds. The third-order valence-corrected chi connectivity index (χ3v) is 2.97. The zero-order chi connectivity index (χ0) is 10.8. The molecule has 0 fully saturated rings. The van der Waals surface area contributed by atoms with E-state index in [1.54, 1.807) is 12.5 Å². The fourth-order valence-electron chi connectivity index (χ4n) is 1.63. The molecule has 0 unspecified atom stereocenters. The molecule has 80 valence electrons. The summed E-state index contributed by atoms with van der Waals surface area (Å²) in [6.45, 7) is 4.30. The molecule has 2 heterocycles. The summed E-state index contributed by atoms with van der Waals surface area (Å²) in [6, 6.07) is 1.92. The molecule has 0 atom stereocenters. The minimum Gasteiger partial charge on any atom is -0.472 e. The molecule has 0 aliphatic carbocycles. The molecule has 0 aliphatic heterocycles. The number of H-pyrrole nitrogens is 1. The van der Waals surface area contributed by atoms with Crippen LogP contribution in [0.5, 0.6) is 0 Å². The van der Waals surface area contributed by atoms with Crippen molar-refractivity contribution in [2.45, 2.75) is 25.1 Å². The summed E-state index contributed by atoms with van der Waals surface area (Å²) in [5, 5.41) is 8.23. The Hall–Kier alpha value is -1.03. The predicted octanol–water partition coefficient (Wildman–Crippen LogP) is 3.69. The van der Waals surface area contributed by atoms with Crippen molar-refractivity contribution >= 4 is 15.9 Å². The zero-order valence-electron chi connectivity index (χ0n) is 8.75. The molecule has 0 saturated carbocycles. The van der Waals surface area contributed by atoms with E-state index in [2.05, 4.69) is 40.0 Å². The first-order chi connectivity index (χ1) is 7.24. The lowest BCUT2D eigenvalue weighted by atomic mass is 10.0. The summed E-state index contributed by atoms with van der Waals surface area (Å²) in [5.41, 5.74) is 4.39. The molecule has 1 N–H and O–H groups in total. The fraction of sp³-hybridized carbons (Fsp3) is 0.364. The molecule has 2 rings (SSSR count). The summed E-state index contributed by atoms with van der Waals surface area (Å²) in [5.74, 6) is 0.450. The summed E-state index contributed by atoms with van der Waals surface area (Å²) in [7, 11) is 0. The van der Waals surface area contributed by atoms with Gasteiger partial charge in [-0.25, -0.2) is 0 Å². The molecule has 0 aromatic carbocycles. The Morgan fingerprint density at radius 3 is 2.87 bits per heavy atom. The van der Waals surface area contributed by atoms with E-state index < -0.39 is 0 Å². The van der Waals surface area contributed by atoms with Crippen molar-refractivity contribution in [2.75, 3.05) is 0 Å². The highest BCUT2D eigenvalue weighted by Crippen LogP contribution is 2.29. The van der Waals surface area contributed by atoms with Gasteiger partial charge in [0.25, 0.3) is 0 Å². The second kappa shape index (κ2) is 4.23. The minimum absolute atomic E-state index is 0.450. The topological polar surface area (TPSA) is 41.8 Å². The van der Waals surface area contributed by atoms with Gasteiger partial charge in [0, 0.05) is 22.2 Å². The SMILES string of the molecule is CC(C)c1[nH]nc(-c2ccoc2)c1CBr. The van der Waals surface area contributed by atoms with E-state index in [-0.39, 0.29) is 0 Å². The average Bonchev–Trinajstić information content (AvgIpc) is 2.85. The summed E-state index contributed by atoms with van der Waals surface area (Å²) in [6.07, 6.45) is 3.38. The number of halogens is 1. The molecular weight excluding hydrogens is 256 g/mol. The molecular formula is C11H13BrN2O. The highest BCUT2D eigenvalue weighted by molar-refractivity contribution is 9.08. The Kier molecular flexibility index (Phi) is 2.95. The molecule has 15 heavy (non-hydrogen) atoms. The van der Waals surface area contributed by atoms with Crippen LogP contribution in [0.4, 0.5) is 0 Å². The Bertz CT molecular complexity index is 431. The van der Waals surface area contributed by atoms with Crippen LogP contribution in [0, 0.1) is 0 Å². The maximum atomic E-state index is 5.07. The molecule has 3 nitrogen and oxygen atoms in total. The molecule has 0 aliphatic rings. The molecule has 4 heteroatoms. The van der Waals surface area contributed by atoms with E-state index in [1.165, 1.54) is 11.3 Å². The molecule has 0 spiro atoms. The standard InChI is InChI=1S/C11H13BrN2O/c1-7(2)10-9(5-12)11(14-13-10)8-3-4-15-6-8/h3-4,6-7H,5H2,1-2H3,(H,13,14). The van der Waals surface area contributed by atoms with Gasteiger partial charge in [-0.3, -0.25) is 5.10 Å². The monoisotopic (exact) mass is 268 g/mol. The van der Waals surface area contributed by atoms with Gasteiger partial charge in [0.2, 0.25) is 0 Å². The third kappa shape index (κ3) is 1.86. The normalized spacial score (nSPS) is 11.2. The number of hydrogen-bond acceptors (Lipinski definition) is 2. The van der Waals surface area contributed by atoms with Crippen molar-refractivity contribution in [2.24, 2.45) is 0 Å². The number of rotatable bonds is 3. The van der Waals surface area contributed by atoms with E-state index >= 15 is 0 Å². The number of aromatic nitrogens is 2. The van der Waals surface area contributed by atoms with Gasteiger partial charge in [0.1, 0.15) is 0 Å². The number of furan rings is 1. The van der Waals surface area contributed by atoms with Gasteiger partial charge < -0.3 is 4.42 Å². The van der Waals surface area contributed by atoms with Gasteiger partial charge in [-0.1, -0.05) is 29.8 Å². The number of alkyl halides is 1. The van der Waals surface area contributed by atoms with Crippen LogP contribution in [0.25, 0.3) is 11.3 Å². The second-order valence-corrected chi connectivity index (χ2v) is 4.33. The highest BCUT2D eigenvalue weighted by atomic mass is 79.9. The fourth-order valence-corrected chi connectivity index (χ4v) is 2.20. The van der Waals surface area contributed by atoms with Crippen molar-refractivity contribution < 1.29 is 4.42 Å². The maximum Gasteiger partial charge on any atom is 0.0997 e. The predicted molar refractivity (Wildman–Crippen MR) is 63.0 cm³/mol. The Morgan fingerprint density at radius 1 is 1.53 bits per heavy atom. The maximum absolute atomic E-state index is 5.07. The number of nitrogens with one attached hydrogen (secondary N) is 1. The van der Waals surface area contributed by atoms with Crippen molar-refractivity contribution in [1.82, 2.24) is 10.2 Å². The van der Waals surface area contributed by atoms with Crippen LogP contribution in [0.2, 0.25) is 0 Å². The van der Waals surface area contributed by atoms with Gasteiger partial charge in [-0.2, -0.15) is 5.10 Å². The van der Waals surface area contributed by atoms with E-state index in [0.717, 1.165) is 16.6 Å².